The Morgan fingerprint density at radius 1 is 1.03 bits per heavy atom. The molecule has 0 aliphatic carbocycles. The molecule has 0 heterocycles. The zero-order valence-electron chi connectivity index (χ0n) is 17.1. The van der Waals surface area contributed by atoms with E-state index in [1.165, 1.54) is 33.3 Å². The smallest absolute Gasteiger partial charge is 0.242 e. The average Bonchev–Trinajstić information content (AvgIpc) is 2.69. The van der Waals surface area contributed by atoms with Gasteiger partial charge in [-0.3, -0.25) is 4.79 Å². The fourth-order valence-electron chi connectivity index (χ4n) is 2.63. The van der Waals surface area contributed by atoms with Crippen molar-refractivity contribution in [3.05, 3.63) is 42.0 Å². The minimum atomic E-state index is -3.89. The lowest BCUT2D eigenvalue weighted by Crippen LogP contribution is -2.41. The van der Waals surface area contributed by atoms with E-state index in [9.17, 15) is 13.2 Å². The molecule has 8 nitrogen and oxygen atoms in total. The first-order valence-corrected chi connectivity index (χ1v) is 10.5. The molecule has 2 N–H and O–H groups in total. The Hall–Kier alpha value is -2.78. The second kappa shape index (κ2) is 9.62. The molecular formula is C20H26N2O6S. The normalized spacial score (nSPS) is 12.2. The number of anilines is 1. The molecule has 0 saturated carbocycles. The minimum absolute atomic E-state index is 0.0595. The molecule has 0 bridgehead atoms. The van der Waals surface area contributed by atoms with Crippen LogP contribution >= 0.6 is 0 Å². The van der Waals surface area contributed by atoms with Crippen LogP contribution in [-0.2, 0) is 14.8 Å². The van der Waals surface area contributed by atoms with Crippen LogP contribution in [0.5, 0.6) is 17.2 Å². The second-order valence-electron chi connectivity index (χ2n) is 6.26. The Kier molecular flexibility index (Phi) is 7.46. The predicted molar refractivity (Wildman–Crippen MR) is 110 cm³/mol. The lowest BCUT2D eigenvalue weighted by atomic mass is 10.2. The number of ether oxygens (including phenoxy) is 3. The number of aryl methyl sites for hydroxylation is 1. The zero-order chi connectivity index (χ0) is 21.6. The summed E-state index contributed by atoms with van der Waals surface area (Å²) in [5, 5.41) is 2.66. The molecule has 29 heavy (non-hydrogen) atoms. The molecule has 0 aliphatic heterocycles. The third kappa shape index (κ3) is 5.61. The molecule has 0 aromatic heterocycles. The van der Waals surface area contributed by atoms with Gasteiger partial charge in [-0.05, 0) is 56.7 Å². The largest absolute Gasteiger partial charge is 0.494 e. The minimum Gasteiger partial charge on any atom is -0.494 e. The highest BCUT2D eigenvalue weighted by atomic mass is 32.2. The van der Waals surface area contributed by atoms with Crippen molar-refractivity contribution < 1.29 is 27.4 Å². The number of hydrogen-bond donors (Lipinski definition) is 2. The Balaban J connectivity index is 2.11. The number of carbonyl (C=O) groups excluding carboxylic acids is 1. The van der Waals surface area contributed by atoms with Gasteiger partial charge in [0.05, 0.1) is 31.8 Å². The van der Waals surface area contributed by atoms with Gasteiger partial charge in [0, 0.05) is 11.8 Å². The molecule has 2 rings (SSSR count). The molecule has 0 spiro atoms. The quantitative estimate of drug-likeness (QED) is 0.644. The van der Waals surface area contributed by atoms with Crippen LogP contribution in [0.1, 0.15) is 19.4 Å². The molecule has 0 unspecified atom stereocenters. The number of benzene rings is 2. The molecule has 158 valence electrons. The number of methoxy groups -OCH3 is 2. The standard InChI is InChI=1S/C20H26N2O6S/c1-6-28-17-10-8-16(11-13(17)2)29(24,25)22-14(3)20(23)21-15-7-9-18(26-4)19(12-15)27-5/h7-12,14,22H,6H2,1-5H3,(H,21,23)/t14-/m0/s1. The molecule has 0 radical (unpaired) electrons. The highest BCUT2D eigenvalue weighted by Crippen LogP contribution is 2.29. The number of rotatable bonds is 9. The van der Waals surface area contributed by atoms with E-state index in [0.29, 0.717) is 35.1 Å². The summed E-state index contributed by atoms with van der Waals surface area (Å²) in [6.45, 7) is 5.56. The van der Waals surface area contributed by atoms with E-state index >= 15 is 0 Å². The first-order chi connectivity index (χ1) is 13.7. The average molecular weight is 423 g/mol. The summed E-state index contributed by atoms with van der Waals surface area (Å²) in [4.78, 5) is 12.5. The number of carbonyl (C=O) groups is 1. The van der Waals surface area contributed by atoms with Crippen LogP contribution in [0.2, 0.25) is 0 Å². The fourth-order valence-corrected chi connectivity index (χ4v) is 3.91. The van der Waals surface area contributed by atoms with Gasteiger partial charge >= 0.3 is 0 Å². The number of amides is 1. The van der Waals surface area contributed by atoms with Crippen LogP contribution in [0.25, 0.3) is 0 Å². The van der Waals surface area contributed by atoms with Gasteiger partial charge in [0.15, 0.2) is 11.5 Å². The van der Waals surface area contributed by atoms with Gasteiger partial charge < -0.3 is 19.5 Å². The van der Waals surface area contributed by atoms with E-state index in [1.807, 2.05) is 6.92 Å². The molecular weight excluding hydrogens is 396 g/mol. The summed E-state index contributed by atoms with van der Waals surface area (Å²) in [6.07, 6.45) is 0. The van der Waals surface area contributed by atoms with Crippen molar-refractivity contribution in [2.75, 3.05) is 26.1 Å². The van der Waals surface area contributed by atoms with Crippen molar-refractivity contribution in [2.24, 2.45) is 0 Å². The predicted octanol–water partition coefficient (Wildman–Crippen LogP) is 2.72. The zero-order valence-corrected chi connectivity index (χ0v) is 17.9. The van der Waals surface area contributed by atoms with Gasteiger partial charge in [0.25, 0.3) is 0 Å². The van der Waals surface area contributed by atoms with Crippen molar-refractivity contribution in [3.63, 3.8) is 0 Å². The van der Waals surface area contributed by atoms with Crippen LogP contribution in [0.4, 0.5) is 5.69 Å². The Labute approximate surface area is 171 Å². The monoisotopic (exact) mass is 422 g/mol. The van der Waals surface area contributed by atoms with Crippen molar-refractivity contribution in [1.82, 2.24) is 4.72 Å². The SMILES string of the molecule is CCOc1ccc(S(=O)(=O)N[C@@H](C)C(=O)Nc2ccc(OC)c(OC)c2)cc1C. The number of hydrogen-bond acceptors (Lipinski definition) is 6. The maximum Gasteiger partial charge on any atom is 0.242 e. The molecule has 1 amide bonds. The Morgan fingerprint density at radius 2 is 1.69 bits per heavy atom. The van der Waals surface area contributed by atoms with Crippen molar-refractivity contribution in [1.29, 1.82) is 0 Å². The van der Waals surface area contributed by atoms with Crippen LogP contribution in [0, 0.1) is 6.92 Å². The van der Waals surface area contributed by atoms with Gasteiger partial charge in [-0.1, -0.05) is 0 Å². The summed E-state index contributed by atoms with van der Waals surface area (Å²) in [7, 11) is -0.891. The van der Waals surface area contributed by atoms with Gasteiger partial charge in [0.2, 0.25) is 15.9 Å². The van der Waals surface area contributed by atoms with E-state index in [0.717, 1.165) is 0 Å². The first kappa shape index (κ1) is 22.5. The molecule has 9 heteroatoms. The molecule has 2 aromatic rings. The van der Waals surface area contributed by atoms with Gasteiger partial charge in [-0.2, -0.15) is 4.72 Å². The summed E-state index contributed by atoms with van der Waals surface area (Å²) < 4.78 is 43.4. The highest BCUT2D eigenvalue weighted by molar-refractivity contribution is 7.89. The second-order valence-corrected chi connectivity index (χ2v) is 7.98. The van der Waals surface area contributed by atoms with Gasteiger partial charge in [-0.25, -0.2) is 8.42 Å². The van der Waals surface area contributed by atoms with Crippen molar-refractivity contribution in [2.45, 2.75) is 31.7 Å². The summed E-state index contributed by atoms with van der Waals surface area (Å²) in [6, 6.07) is 8.42. The van der Waals surface area contributed by atoms with Crippen molar-refractivity contribution >= 4 is 21.6 Å². The highest BCUT2D eigenvalue weighted by Gasteiger charge is 2.23. The third-order valence-electron chi connectivity index (χ3n) is 4.13. The maximum atomic E-state index is 12.6. The molecule has 0 fully saturated rings. The lowest BCUT2D eigenvalue weighted by Gasteiger charge is -2.16. The summed E-state index contributed by atoms with van der Waals surface area (Å²) in [5.74, 6) is 1.07. The van der Waals surface area contributed by atoms with Gasteiger partial charge in [-0.15, -0.1) is 0 Å². The van der Waals surface area contributed by atoms with E-state index in [2.05, 4.69) is 10.0 Å². The van der Waals surface area contributed by atoms with E-state index in [1.54, 1.807) is 31.2 Å². The molecule has 1 atom stereocenters. The topological polar surface area (TPSA) is 103 Å². The summed E-state index contributed by atoms with van der Waals surface area (Å²) >= 11 is 0. The fraction of sp³-hybridized carbons (Fsp3) is 0.350. The lowest BCUT2D eigenvalue weighted by molar-refractivity contribution is -0.117. The molecule has 0 aliphatic rings. The van der Waals surface area contributed by atoms with E-state index in [-0.39, 0.29) is 4.90 Å². The summed E-state index contributed by atoms with van der Waals surface area (Å²) in [5.41, 5.74) is 1.15. The first-order valence-electron chi connectivity index (χ1n) is 9.00. The maximum absolute atomic E-state index is 12.6. The van der Waals surface area contributed by atoms with Crippen LogP contribution in [-0.4, -0.2) is 41.2 Å². The number of sulfonamides is 1. The molecule has 2 aromatic carbocycles. The van der Waals surface area contributed by atoms with Crippen LogP contribution in [0.3, 0.4) is 0 Å². The van der Waals surface area contributed by atoms with E-state index in [4.69, 9.17) is 14.2 Å². The Morgan fingerprint density at radius 3 is 2.28 bits per heavy atom. The number of nitrogens with one attached hydrogen (secondary N) is 2. The molecule has 0 saturated heterocycles. The third-order valence-corrected chi connectivity index (χ3v) is 5.67. The van der Waals surface area contributed by atoms with Crippen LogP contribution in [0.15, 0.2) is 41.3 Å². The van der Waals surface area contributed by atoms with Crippen LogP contribution < -0.4 is 24.2 Å². The van der Waals surface area contributed by atoms with Gasteiger partial charge in [0.1, 0.15) is 5.75 Å². The van der Waals surface area contributed by atoms with E-state index < -0.39 is 22.0 Å². The van der Waals surface area contributed by atoms with Crippen molar-refractivity contribution in [3.8, 4) is 17.2 Å². The Bertz CT molecular complexity index is 975.